The zero-order chi connectivity index (χ0) is 14.4. The largest absolute Gasteiger partial charge is 0.478 e. The Bertz CT molecular complexity index is 631. The quantitative estimate of drug-likeness (QED) is 0.837. The summed E-state index contributed by atoms with van der Waals surface area (Å²) in [6.45, 7) is 0. The van der Waals surface area contributed by atoms with E-state index in [9.17, 15) is 9.59 Å². The highest BCUT2D eigenvalue weighted by Crippen LogP contribution is 2.10. The van der Waals surface area contributed by atoms with E-state index in [4.69, 9.17) is 5.11 Å². The number of nitrogens with one attached hydrogen (secondary N) is 1. The van der Waals surface area contributed by atoms with Gasteiger partial charge in [-0.05, 0) is 35.9 Å². The Morgan fingerprint density at radius 1 is 0.950 bits per heavy atom. The fourth-order valence-corrected chi connectivity index (χ4v) is 1.62. The number of carbonyl (C=O) groups excluding carboxylic acids is 1. The van der Waals surface area contributed by atoms with Gasteiger partial charge in [0.1, 0.15) is 0 Å². The van der Waals surface area contributed by atoms with Crippen LogP contribution < -0.4 is 5.32 Å². The van der Waals surface area contributed by atoms with E-state index >= 15 is 0 Å². The van der Waals surface area contributed by atoms with Crippen molar-refractivity contribution in [2.75, 3.05) is 5.32 Å². The Morgan fingerprint density at radius 2 is 1.60 bits per heavy atom. The Morgan fingerprint density at radius 3 is 2.20 bits per heavy atom. The van der Waals surface area contributed by atoms with Crippen LogP contribution in [0.3, 0.4) is 0 Å². The Labute approximate surface area is 116 Å². The molecule has 4 nitrogen and oxygen atoms in total. The predicted molar refractivity (Wildman–Crippen MR) is 77.5 cm³/mol. The van der Waals surface area contributed by atoms with Crippen LogP contribution in [0.4, 0.5) is 5.69 Å². The first-order valence-corrected chi connectivity index (χ1v) is 6.02. The molecule has 100 valence electrons. The highest BCUT2D eigenvalue weighted by Gasteiger charge is 2.02. The van der Waals surface area contributed by atoms with Gasteiger partial charge in [0.2, 0.25) is 5.91 Å². The minimum absolute atomic E-state index is 0.183. The smallest absolute Gasteiger partial charge is 0.335 e. The van der Waals surface area contributed by atoms with Gasteiger partial charge in [0.25, 0.3) is 0 Å². The van der Waals surface area contributed by atoms with Crippen molar-refractivity contribution in [3.05, 3.63) is 71.8 Å². The van der Waals surface area contributed by atoms with Crippen molar-refractivity contribution in [2.45, 2.75) is 0 Å². The molecule has 20 heavy (non-hydrogen) atoms. The molecular formula is C16H13NO3. The number of anilines is 1. The maximum absolute atomic E-state index is 11.7. The van der Waals surface area contributed by atoms with E-state index in [1.807, 2.05) is 30.3 Å². The van der Waals surface area contributed by atoms with Gasteiger partial charge in [-0.25, -0.2) is 4.79 Å². The molecule has 0 radical (unpaired) electrons. The van der Waals surface area contributed by atoms with Gasteiger partial charge in [-0.3, -0.25) is 4.79 Å². The molecule has 0 aromatic heterocycles. The van der Waals surface area contributed by atoms with Gasteiger partial charge < -0.3 is 10.4 Å². The SMILES string of the molecule is O=C(/C=C\c1ccccc1)Nc1ccc(C(=O)O)cc1. The van der Waals surface area contributed by atoms with Gasteiger partial charge >= 0.3 is 5.97 Å². The van der Waals surface area contributed by atoms with Crippen molar-refractivity contribution in [3.63, 3.8) is 0 Å². The van der Waals surface area contributed by atoms with Gasteiger partial charge in [-0.2, -0.15) is 0 Å². The summed E-state index contributed by atoms with van der Waals surface area (Å²) in [5.74, 6) is -1.26. The summed E-state index contributed by atoms with van der Waals surface area (Å²) >= 11 is 0. The molecule has 0 bridgehead atoms. The lowest BCUT2D eigenvalue weighted by Crippen LogP contribution is -2.08. The third-order valence-electron chi connectivity index (χ3n) is 2.63. The predicted octanol–water partition coefficient (Wildman–Crippen LogP) is 3.04. The Hall–Kier alpha value is -2.88. The molecule has 0 unspecified atom stereocenters. The summed E-state index contributed by atoms with van der Waals surface area (Å²) in [6, 6.07) is 15.5. The monoisotopic (exact) mass is 267 g/mol. The van der Waals surface area contributed by atoms with E-state index in [0.29, 0.717) is 5.69 Å². The number of carboxylic acids is 1. The van der Waals surface area contributed by atoms with Crippen LogP contribution in [0.1, 0.15) is 15.9 Å². The second-order valence-electron chi connectivity index (χ2n) is 4.12. The second-order valence-corrected chi connectivity index (χ2v) is 4.12. The van der Waals surface area contributed by atoms with Crippen LogP contribution in [0.2, 0.25) is 0 Å². The molecule has 0 saturated carbocycles. The van der Waals surface area contributed by atoms with E-state index < -0.39 is 5.97 Å². The maximum atomic E-state index is 11.7. The first kappa shape index (κ1) is 13.5. The standard InChI is InChI=1S/C16H13NO3/c18-15(11-6-12-4-2-1-3-5-12)17-14-9-7-13(8-10-14)16(19)20/h1-11H,(H,17,18)(H,19,20)/b11-6-. The number of benzene rings is 2. The van der Waals surface area contributed by atoms with Crippen LogP contribution in [-0.2, 0) is 4.79 Å². The molecule has 2 aromatic carbocycles. The van der Waals surface area contributed by atoms with Gasteiger partial charge in [-0.15, -0.1) is 0 Å². The van der Waals surface area contributed by atoms with E-state index in [2.05, 4.69) is 5.32 Å². The average Bonchev–Trinajstić information content (AvgIpc) is 2.47. The second kappa shape index (κ2) is 6.33. The lowest BCUT2D eigenvalue weighted by atomic mass is 10.2. The van der Waals surface area contributed by atoms with Gasteiger partial charge in [0, 0.05) is 11.8 Å². The lowest BCUT2D eigenvalue weighted by Gasteiger charge is -2.02. The van der Waals surface area contributed by atoms with Crippen molar-refractivity contribution in [1.29, 1.82) is 0 Å². The highest BCUT2D eigenvalue weighted by atomic mass is 16.4. The molecule has 0 atom stereocenters. The fraction of sp³-hybridized carbons (Fsp3) is 0. The zero-order valence-corrected chi connectivity index (χ0v) is 10.6. The molecule has 0 spiro atoms. The topological polar surface area (TPSA) is 66.4 Å². The number of aromatic carboxylic acids is 1. The number of hydrogen-bond donors (Lipinski definition) is 2. The third kappa shape index (κ3) is 3.81. The Balaban J connectivity index is 1.98. The first-order chi connectivity index (χ1) is 9.65. The molecule has 4 heteroatoms. The van der Waals surface area contributed by atoms with E-state index in [-0.39, 0.29) is 11.5 Å². The average molecular weight is 267 g/mol. The van der Waals surface area contributed by atoms with Crippen LogP contribution >= 0.6 is 0 Å². The minimum atomic E-state index is -0.994. The molecule has 0 aliphatic rings. The number of amides is 1. The summed E-state index contributed by atoms with van der Waals surface area (Å²) in [4.78, 5) is 22.4. The van der Waals surface area contributed by atoms with Crippen molar-refractivity contribution in [1.82, 2.24) is 0 Å². The number of carboxylic acid groups (broad SMARTS) is 1. The van der Waals surface area contributed by atoms with Crippen molar-refractivity contribution in [2.24, 2.45) is 0 Å². The van der Waals surface area contributed by atoms with E-state index in [1.54, 1.807) is 18.2 Å². The first-order valence-electron chi connectivity index (χ1n) is 6.02. The fourth-order valence-electron chi connectivity index (χ4n) is 1.62. The molecule has 0 aliphatic carbocycles. The van der Waals surface area contributed by atoms with Crippen molar-refractivity contribution in [3.8, 4) is 0 Å². The van der Waals surface area contributed by atoms with Gasteiger partial charge in [0.15, 0.2) is 0 Å². The summed E-state index contributed by atoms with van der Waals surface area (Å²) in [5, 5.41) is 11.4. The zero-order valence-electron chi connectivity index (χ0n) is 10.6. The molecule has 2 rings (SSSR count). The molecule has 0 heterocycles. The number of carbonyl (C=O) groups is 2. The Kier molecular flexibility index (Phi) is 4.29. The molecular weight excluding hydrogens is 254 g/mol. The maximum Gasteiger partial charge on any atom is 0.335 e. The summed E-state index contributed by atoms with van der Waals surface area (Å²) < 4.78 is 0. The highest BCUT2D eigenvalue weighted by molar-refractivity contribution is 6.02. The molecule has 0 saturated heterocycles. The minimum Gasteiger partial charge on any atom is -0.478 e. The van der Waals surface area contributed by atoms with Crippen molar-refractivity contribution >= 4 is 23.6 Å². The summed E-state index contributed by atoms with van der Waals surface area (Å²) in [7, 11) is 0. The van der Waals surface area contributed by atoms with Crippen LogP contribution in [0.5, 0.6) is 0 Å². The number of rotatable bonds is 4. The lowest BCUT2D eigenvalue weighted by molar-refractivity contribution is -0.111. The van der Waals surface area contributed by atoms with Gasteiger partial charge in [-0.1, -0.05) is 30.3 Å². The van der Waals surface area contributed by atoms with Crippen LogP contribution in [0.15, 0.2) is 60.7 Å². The molecule has 0 aliphatic heterocycles. The molecule has 1 amide bonds. The molecule has 0 fully saturated rings. The third-order valence-corrected chi connectivity index (χ3v) is 2.63. The summed E-state index contributed by atoms with van der Waals surface area (Å²) in [5.41, 5.74) is 1.67. The molecule has 2 aromatic rings. The molecule has 2 N–H and O–H groups in total. The normalized spacial score (nSPS) is 10.4. The van der Waals surface area contributed by atoms with E-state index in [1.165, 1.54) is 18.2 Å². The van der Waals surface area contributed by atoms with Crippen LogP contribution in [-0.4, -0.2) is 17.0 Å². The van der Waals surface area contributed by atoms with Crippen molar-refractivity contribution < 1.29 is 14.7 Å². The van der Waals surface area contributed by atoms with Crippen LogP contribution in [0, 0.1) is 0 Å². The van der Waals surface area contributed by atoms with Crippen LogP contribution in [0.25, 0.3) is 6.08 Å². The van der Waals surface area contributed by atoms with E-state index in [0.717, 1.165) is 5.56 Å². The van der Waals surface area contributed by atoms with Gasteiger partial charge in [0.05, 0.1) is 5.56 Å². The number of hydrogen-bond acceptors (Lipinski definition) is 2. The summed E-state index contributed by atoms with van der Waals surface area (Å²) in [6.07, 6.45) is 3.14.